The first kappa shape index (κ1) is 22.9. The molecule has 0 atom stereocenters. The third-order valence-electron chi connectivity index (χ3n) is 4.94. The molecule has 0 spiro atoms. The second kappa shape index (κ2) is 10.5. The van der Waals surface area contributed by atoms with E-state index in [0.717, 1.165) is 28.4 Å². The molecule has 0 bridgehead atoms. The summed E-state index contributed by atoms with van der Waals surface area (Å²) in [4.78, 5) is 18.5. The van der Waals surface area contributed by atoms with Gasteiger partial charge in [0.25, 0.3) is 5.91 Å². The third-order valence-corrected chi connectivity index (χ3v) is 5.90. The zero-order valence-corrected chi connectivity index (χ0v) is 19.6. The summed E-state index contributed by atoms with van der Waals surface area (Å²) < 4.78 is 1.88. The highest BCUT2D eigenvalue weighted by atomic mass is 35.5. The number of nitrogens with one attached hydrogen (secondary N) is 2. The van der Waals surface area contributed by atoms with Gasteiger partial charge in [0, 0.05) is 40.5 Å². The molecule has 6 nitrogen and oxygen atoms in total. The van der Waals surface area contributed by atoms with Crippen LogP contribution in [0.5, 0.6) is 0 Å². The van der Waals surface area contributed by atoms with Crippen molar-refractivity contribution in [1.29, 1.82) is 0 Å². The van der Waals surface area contributed by atoms with Crippen molar-refractivity contribution in [3.63, 3.8) is 0 Å². The Balaban J connectivity index is 1.80. The van der Waals surface area contributed by atoms with Crippen LogP contribution in [0, 0.1) is 13.8 Å². The van der Waals surface area contributed by atoms with E-state index in [0.29, 0.717) is 23.1 Å². The molecular formula is C23H26ClN5OS. The quantitative estimate of drug-likeness (QED) is 0.316. The molecule has 2 N–H and O–H groups in total. The minimum Gasteiger partial charge on any atom is -0.326 e. The number of hydrogen-bond acceptors (Lipinski definition) is 4. The number of aryl methyl sites for hydroxylation is 2. The van der Waals surface area contributed by atoms with E-state index in [1.54, 1.807) is 36.0 Å². The number of amides is 1. The largest absolute Gasteiger partial charge is 0.326 e. The number of halogens is 1. The molecule has 1 heterocycles. The Labute approximate surface area is 192 Å². The van der Waals surface area contributed by atoms with E-state index in [2.05, 4.69) is 20.7 Å². The van der Waals surface area contributed by atoms with Crippen LogP contribution >= 0.6 is 23.4 Å². The lowest BCUT2D eigenvalue weighted by atomic mass is 10.1. The molecule has 1 aromatic heterocycles. The monoisotopic (exact) mass is 455 g/mol. The number of guanidine groups is 1. The van der Waals surface area contributed by atoms with Gasteiger partial charge in [0.15, 0.2) is 0 Å². The van der Waals surface area contributed by atoms with Gasteiger partial charge in [-0.25, -0.2) is 0 Å². The summed E-state index contributed by atoms with van der Waals surface area (Å²) in [5, 5.41) is 11.1. The second-order valence-corrected chi connectivity index (χ2v) is 8.39. The Hall–Kier alpha value is -2.77. The van der Waals surface area contributed by atoms with Crippen molar-refractivity contribution in [2.45, 2.75) is 25.2 Å². The number of anilines is 1. The molecular weight excluding hydrogens is 430 g/mol. The summed E-state index contributed by atoms with van der Waals surface area (Å²) in [6, 6.07) is 14.8. The van der Waals surface area contributed by atoms with Crippen LogP contribution in [0.4, 0.5) is 5.69 Å². The van der Waals surface area contributed by atoms with Crippen molar-refractivity contribution in [2.75, 3.05) is 18.1 Å². The Bertz CT molecular complexity index is 1110. The van der Waals surface area contributed by atoms with Gasteiger partial charge >= 0.3 is 0 Å². The van der Waals surface area contributed by atoms with Crippen molar-refractivity contribution in [3.8, 4) is 0 Å². The molecule has 3 aromatic rings. The average Bonchev–Trinajstić information content (AvgIpc) is 2.99. The Morgan fingerprint density at radius 3 is 2.65 bits per heavy atom. The van der Waals surface area contributed by atoms with E-state index in [1.165, 1.54) is 5.56 Å². The minimum absolute atomic E-state index is 0.275. The van der Waals surface area contributed by atoms with Gasteiger partial charge in [0.2, 0.25) is 5.96 Å². The molecule has 0 saturated carbocycles. The molecule has 0 aliphatic carbocycles. The Morgan fingerprint density at radius 2 is 1.97 bits per heavy atom. The van der Waals surface area contributed by atoms with Crippen molar-refractivity contribution in [1.82, 2.24) is 15.1 Å². The predicted octanol–water partition coefficient (Wildman–Crippen LogP) is 4.85. The molecule has 2 aromatic carbocycles. The van der Waals surface area contributed by atoms with Crippen LogP contribution in [0.1, 0.15) is 27.3 Å². The molecule has 1 amide bonds. The highest BCUT2D eigenvalue weighted by Crippen LogP contribution is 2.19. The van der Waals surface area contributed by atoms with Crippen LogP contribution in [0.25, 0.3) is 0 Å². The maximum atomic E-state index is 12.8. The summed E-state index contributed by atoms with van der Waals surface area (Å²) in [6.45, 7) is 4.56. The van der Waals surface area contributed by atoms with E-state index in [-0.39, 0.29) is 5.91 Å². The topological polar surface area (TPSA) is 71.3 Å². The van der Waals surface area contributed by atoms with Crippen molar-refractivity contribution in [2.24, 2.45) is 12.0 Å². The lowest BCUT2D eigenvalue weighted by Gasteiger charge is -2.13. The molecule has 0 saturated heterocycles. The molecule has 162 valence electrons. The van der Waals surface area contributed by atoms with Crippen LogP contribution in [0.2, 0.25) is 5.02 Å². The van der Waals surface area contributed by atoms with Gasteiger partial charge < -0.3 is 5.32 Å². The third kappa shape index (κ3) is 6.12. The highest BCUT2D eigenvalue weighted by Gasteiger charge is 2.12. The number of thioether (sulfide) groups is 1. The van der Waals surface area contributed by atoms with Gasteiger partial charge in [-0.2, -0.15) is 5.10 Å². The minimum atomic E-state index is -0.275. The Morgan fingerprint density at radius 1 is 1.19 bits per heavy atom. The number of rotatable bonds is 6. The lowest BCUT2D eigenvalue weighted by Crippen LogP contribution is -2.36. The number of carbonyl (C=O) groups excluding carboxylic acids is 1. The van der Waals surface area contributed by atoms with E-state index in [4.69, 9.17) is 11.6 Å². The van der Waals surface area contributed by atoms with Gasteiger partial charge in [0.1, 0.15) is 0 Å². The summed E-state index contributed by atoms with van der Waals surface area (Å²) in [7, 11) is 1.94. The van der Waals surface area contributed by atoms with Gasteiger partial charge in [-0.05, 0) is 68.5 Å². The fraction of sp³-hybridized carbons (Fsp3) is 0.261. The fourth-order valence-electron chi connectivity index (χ4n) is 3.22. The van der Waals surface area contributed by atoms with Crippen molar-refractivity contribution in [3.05, 3.63) is 76.1 Å². The number of carbonyl (C=O) groups is 1. The van der Waals surface area contributed by atoms with Gasteiger partial charge in [-0.1, -0.05) is 23.7 Å². The van der Waals surface area contributed by atoms with E-state index in [9.17, 15) is 4.79 Å². The van der Waals surface area contributed by atoms with E-state index < -0.39 is 0 Å². The molecule has 31 heavy (non-hydrogen) atoms. The first-order chi connectivity index (χ1) is 14.9. The number of aliphatic imine (C=N–C) groups is 1. The van der Waals surface area contributed by atoms with Crippen LogP contribution in [-0.4, -0.2) is 34.4 Å². The highest BCUT2D eigenvalue weighted by molar-refractivity contribution is 7.98. The number of benzene rings is 2. The van der Waals surface area contributed by atoms with Crippen molar-refractivity contribution >= 4 is 40.9 Å². The molecule has 3 rings (SSSR count). The normalized spacial score (nSPS) is 11.5. The van der Waals surface area contributed by atoms with Crippen LogP contribution in [-0.2, 0) is 13.5 Å². The van der Waals surface area contributed by atoms with Crippen molar-refractivity contribution < 1.29 is 4.79 Å². The SMILES string of the molecule is CSc1cccc(NC(=NCCc2c(C)nn(C)c2C)NC(=O)c2cccc(Cl)c2)c1. The van der Waals surface area contributed by atoms with Crippen LogP contribution < -0.4 is 10.6 Å². The summed E-state index contributed by atoms with van der Waals surface area (Å²) >= 11 is 7.69. The van der Waals surface area contributed by atoms with E-state index >= 15 is 0 Å². The standard InChI is InChI=1S/C23H26ClN5OS/c1-15-21(16(2)29(3)28-15)11-12-25-23(26-19-9-6-10-20(14-19)31-4)27-22(30)17-7-5-8-18(24)13-17/h5-10,13-14H,11-12H2,1-4H3,(H2,25,26,27,30). The van der Waals surface area contributed by atoms with Crippen LogP contribution in [0.3, 0.4) is 0 Å². The first-order valence-corrected chi connectivity index (χ1v) is 11.5. The number of nitrogens with zero attached hydrogens (tertiary/aromatic N) is 3. The predicted molar refractivity (Wildman–Crippen MR) is 129 cm³/mol. The average molecular weight is 456 g/mol. The smallest absolute Gasteiger partial charge is 0.258 e. The zero-order chi connectivity index (χ0) is 22.4. The second-order valence-electron chi connectivity index (χ2n) is 7.07. The molecule has 0 aliphatic heterocycles. The fourth-order valence-corrected chi connectivity index (χ4v) is 3.87. The molecule has 0 unspecified atom stereocenters. The van der Waals surface area contributed by atoms with Crippen LogP contribution in [0.15, 0.2) is 58.4 Å². The van der Waals surface area contributed by atoms with E-state index in [1.807, 2.05) is 56.1 Å². The molecule has 0 aliphatic rings. The molecule has 0 radical (unpaired) electrons. The number of hydrogen-bond donors (Lipinski definition) is 2. The number of aromatic nitrogens is 2. The lowest BCUT2D eigenvalue weighted by molar-refractivity contribution is 0.0977. The zero-order valence-electron chi connectivity index (χ0n) is 18.1. The summed E-state index contributed by atoms with van der Waals surface area (Å²) in [5.74, 6) is 0.117. The summed E-state index contributed by atoms with van der Waals surface area (Å²) in [5.41, 5.74) is 4.62. The van der Waals surface area contributed by atoms with Gasteiger partial charge in [0.05, 0.1) is 5.69 Å². The summed E-state index contributed by atoms with van der Waals surface area (Å²) in [6.07, 6.45) is 2.75. The maximum absolute atomic E-state index is 12.8. The first-order valence-electron chi connectivity index (χ1n) is 9.89. The maximum Gasteiger partial charge on any atom is 0.258 e. The Kier molecular flexibility index (Phi) is 7.76. The molecule has 8 heteroatoms. The molecule has 0 fully saturated rings. The van der Waals surface area contributed by atoms with Gasteiger partial charge in [-0.15, -0.1) is 11.8 Å². The van der Waals surface area contributed by atoms with Gasteiger partial charge in [-0.3, -0.25) is 19.8 Å².